The van der Waals surface area contributed by atoms with Gasteiger partial charge in [0.15, 0.2) is 0 Å². The Bertz CT molecular complexity index is 580. The van der Waals surface area contributed by atoms with Crippen LogP contribution in [-0.2, 0) is 0 Å². The Labute approximate surface area is 131 Å². The summed E-state index contributed by atoms with van der Waals surface area (Å²) in [6, 6.07) is 5.20. The number of halogens is 1. The molecule has 0 bridgehead atoms. The van der Waals surface area contributed by atoms with Crippen LogP contribution in [0.4, 0.5) is 0 Å². The lowest BCUT2D eigenvalue weighted by atomic mass is 9.83. The maximum atomic E-state index is 12.4. The van der Waals surface area contributed by atoms with Gasteiger partial charge in [-0.05, 0) is 38.0 Å². The van der Waals surface area contributed by atoms with Gasteiger partial charge in [0, 0.05) is 16.7 Å². The summed E-state index contributed by atoms with van der Waals surface area (Å²) in [7, 11) is 0. The van der Waals surface area contributed by atoms with Gasteiger partial charge in [0.2, 0.25) is 0 Å². The van der Waals surface area contributed by atoms with E-state index in [4.69, 9.17) is 17.3 Å². The minimum absolute atomic E-state index is 0.0698. The lowest BCUT2D eigenvalue weighted by molar-refractivity contribution is 0.0882. The molecule has 1 aliphatic rings. The van der Waals surface area contributed by atoms with Crippen LogP contribution < -0.4 is 11.1 Å². The minimum Gasteiger partial charge on any atom is -0.347 e. The Morgan fingerprint density at radius 3 is 2.71 bits per heavy atom. The predicted octanol–water partition coefficient (Wildman–Crippen LogP) is 3.10. The third-order valence-electron chi connectivity index (χ3n) is 3.93. The second-order valence-corrected chi connectivity index (χ2v) is 6.18. The van der Waals surface area contributed by atoms with E-state index in [0.29, 0.717) is 16.1 Å². The summed E-state index contributed by atoms with van der Waals surface area (Å²) in [4.78, 5) is 12.4. The first-order valence-electron chi connectivity index (χ1n) is 7.35. The van der Waals surface area contributed by atoms with Crippen LogP contribution in [0.25, 0.3) is 0 Å². The first-order valence-corrected chi connectivity index (χ1v) is 7.73. The highest BCUT2D eigenvalue weighted by Gasteiger charge is 2.28. The lowest BCUT2D eigenvalue weighted by Crippen LogP contribution is -2.47. The Morgan fingerprint density at radius 2 is 2.10 bits per heavy atom. The van der Waals surface area contributed by atoms with E-state index in [0.717, 1.165) is 12.8 Å². The lowest BCUT2D eigenvalue weighted by Gasteiger charge is -2.34. The number of amides is 1. The van der Waals surface area contributed by atoms with Gasteiger partial charge in [-0.15, -0.1) is 0 Å². The van der Waals surface area contributed by atoms with Crippen LogP contribution in [0, 0.1) is 11.8 Å². The van der Waals surface area contributed by atoms with Crippen LogP contribution in [0.2, 0.25) is 5.02 Å². The van der Waals surface area contributed by atoms with Crippen molar-refractivity contribution in [3.8, 4) is 11.8 Å². The number of nitrogens with two attached hydrogens (primary N) is 1. The highest BCUT2D eigenvalue weighted by atomic mass is 35.5. The molecule has 0 radical (unpaired) electrons. The summed E-state index contributed by atoms with van der Waals surface area (Å²) in [5, 5.41) is 3.63. The molecule has 3 nitrogen and oxygen atoms in total. The van der Waals surface area contributed by atoms with Crippen LogP contribution >= 0.6 is 11.6 Å². The average Bonchev–Trinajstić information content (AvgIpc) is 2.46. The monoisotopic (exact) mass is 304 g/mol. The zero-order valence-electron chi connectivity index (χ0n) is 12.3. The first-order chi connectivity index (χ1) is 10.0. The topological polar surface area (TPSA) is 55.1 Å². The van der Waals surface area contributed by atoms with Crippen LogP contribution in [0.1, 0.15) is 54.9 Å². The molecule has 0 heterocycles. The van der Waals surface area contributed by atoms with Crippen molar-refractivity contribution in [1.29, 1.82) is 0 Å². The van der Waals surface area contributed by atoms with Crippen molar-refractivity contribution >= 4 is 17.5 Å². The van der Waals surface area contributed by atoms with Crippen LogP contribution in [0.5, 0.6) is 0 Å². The summed E-state index contributed by atoms with van der Waals surface area (Å²) in [6.07, 6.45) is 5.67. The molecule has 0 atom stereocenters. The van der Waals surface area contributed by atoms with E-state index in [1.165, 1.54) is 19.3 Å². The molecule has 0 unspecified atom stereocenters. The number of hydrogen-bond donors (Lipinski definition) is 2. The standard InChI is InChI=1S/C17H21ClN2O/c1-17(9-3-2-4-10-17)20-16(21)14-8-7-13(6-5-11-19)15(18)12-14/h7-8,12H,2-4,9-11,19H2,1H3,(H,20,21). The molecule has 3 N–H and O–H groups in total. The molecule has 0 saturated heterocycles. The first kappa shape index (κ1) is 15.9. The minimum atomic E-state index is -0.0974. The third-order valence-corrected chi connectivity index (χ3v) is 4.24. The van der Waals surface area contributed by atoms with E-state index in [9.17, 15) is 4.79 Å². The molecule has 21 heavy (non-hydrogen) atoms. The third kappa shape index (κ3) is 4.23. The van der Waals surface area contributed by atoms with E-state index >= 15 is 0 Å². The molecular weight excluding hydrogens is 284 g/mol. The molecule has 1 amide bonds. The molecule has 1 fully saturated rings. The zero-order chi connectivity index (χ0) is 15.3. The maximum absolute atomic E-state index is 12.4. The van der Waals surface area contributed by atoms with E-state index in [1.807, 2.05) is 0 Å². The molecule has 0 aliphatic heterocycles. The molecule has 0 spiro atoms. The molecular formula is C17H21ClN2O. The number of carbonyl (C=O) groups is 1. The predicted molar refractivity (Wildman–Crippen MR) is 86.3 cm³/mol. The average molecular weight is 305 g/mol. The van der Waals surface area contributed by atoms with Gasteiger partial charge in [-0.2, -0.15) is 0 Å². The molecule has 1 aromatic carbocycles. The maximum Gasteiger partial charge on any atom is 0.251 e. The summed E-state index contributed by atoms with van der Waals surface area (Å²) >= 11 is 6.16. The number of rotatable bonds is 2. The Hall–Kier alpha value is -1.50. The molecule has 2 rings (SSSR count). The summed E-state index contributed by atoms with van der Waals surface area (Å²) in [5.74, 6) is 5.58. The number of hydrogen-bond acceptors (Lipinski definition) is 2. The largest absolute Gasteiger partial charge is 0.347 e. The van der Waals surface area contributed by atoms with Crippen molar-refractivity contribution in [2.24, 2.45) is 5.73 Å². The van der Waals surface area contributed by atoms with Gasteiger partial charge in [0.1, 0.15) is 0 Å². The summed E-state index contributed by atoms with van der Waals surface area (Å²) < 4.78 is 0. The molecule has 4 heteroatoms. The van der Waals surface area contributed by atoms with Crippen molar-refractivity contribution in [3.63, 3.8) is 0 Å². The number of nitrogens with one attached hydrogen (secondary N) is 1. The van der Waals surface area contributed by atoms with Crippen molar-refractivity contribution in [3.05, 3.63) is 34.3 Å². The molecule has 1 saturated carbocycles. The zero-order valence-corrected chi connectivity index (χ0v) is 13.1. The van der Waals surface area contributed by atoms with E-state index in [-0.39, 0.29) is 18.0 Å². The van der Waals surface area contributed by atoms with Gasteiger partial charge in [-0.3, -0.25) is 4.79 Å². The van der Waals surface area contributed by atoms with E-state index in [1.54, 1.807) is 18.2 Å². The molecule has 0 aromatic heterocycles. The Kier molecular flexibility index (Phi) is 5.27. The normalized spacial score (nSPS) is 16.7. The second-order valence-electron chi connectivity index (χ2n) is 5.78. The van der Waals surface area contributed by atoms with Crippen molar-refractivity contribution in [2.75, 3.05) is 6.54 Å². The fraction of sp³-hybridized carbons (Fsp3) is 0.471. The highest BCUT2D eigenvalue weighted by molar-refractivity contribution is 6.32. The van der Waals surface area contributed by atoms with Gasteiger partial charge < -0.3 is 11.1 Å². The highest BCUT2D eigenvalue weighted by Crippen LogP contribution is 2.28. The van der Waals surface area contributed by atoms with Crippen molar-refractivity contribution in [1.82, 2.24) is 5.32 Å². The van der Waals surface area contributed by atoms with Crippen molar-refractivity contribution < 1.29 is 4.79 Å². The fourth-order valence-electron chi connectivity index (χ4n) is 2.71. The van der Waals surface area contributed by atoms with Crippen LogP contribution in [-0.4, -0.2) is 18.0 Å². The molecule has 1 aromatic rings. The van der Waals surface area contributed by atoms with E-state index < -0.39 is 0 Å². The van der Waals surface area contributed by atoms with Gasteiger partial charge in [-0.25, -0.2) is 0 Å². The summed E-state index contributed by atoms with van der Waals surface area (Å²) in [6.45, 7) is 2.41. The Balaban J connectivity index is 2.11. The molecule has 112 valence electrons. The second kappa shape index (κ2) is 6.98. The van der Waals surface area contributed by atoms with Crippen molar-refractivity contribution in [2.45, 2.75) is 44.6 Å². The van der Waals surface area contributed by atoms with Crippen LogP contribution in [0.3, 0.4) is 0 Å². The number of benzene rings is 1. The molecule has 1 aliphatic carbocycles. The number of carbonyl (C=O) groups excluding carboxylic acids is 1. The quantitative estimate of drug-likeness (QED) is 0.825. The fourth-order valence-corrected chi connectivity index (χ4v) is 2.94. The Morgan fingerprint density at radius 1 is 1.38 bits per heavy atom. The SMILES string of the molecule is CC1(NC(=O)c2ccc(C#CCN)c(Cl)c2)CCCCC1. The van der Waals surface area contributed by atoms with Gasteiger partial charge >= 0.3 is 0 Å². The smallest absolute Gasteiger partial charge is 0.251 e. The van der Waals surface area contributed by atoms with Crippen LogP contribution in [0.15, 0.2) is 18.2 Å². The van der Waals surface area contributed by atoms with Gasteiger partial charge in [0.25, 0.3) is 5.91 Å². The summed E-state index contributed by atoms with van der Waals surface area (Å²) in [5.41, 5.74) is 6.52. The van der Waals surface area contributed by atoms with Gasteiger partial charge in [0.05, 0.1) is 11.6 Å². The van der Waals surface area contributed by atoms with E-state index in [2.05, 4.69) is 24.1 Å². The van der Waals surface area contributed by atoms with Gasteiger partial charge in [-0.1, -0.05) is 42.7 Å².